The molecular weight excluding hydrogens is 274 g/mol. The van der Waals surface area contributed by atoms with Crippen molar-refractivity contribution in [2.75, 3.05) is 11.6 Å². The van der Waals surface area contributed by atoms with Crippen LogP contribution in [0.3, 0.4) is 0 Å². The lowest BCUT2D eigenvalue weighted by Crippen LogP contribution is -2.49. The topological polar surface area (TPSA) is 45.5 Å². The molecule has 1 aliphatic heterocycles. The summed E-state index contributed by atoms with van der Waals surface area (Å²) in [5.41, 5.74) is 3.22. The van der Waals surface area contributed by atoms with E-state index in [1.165, 1.54) is 0 Å². The van der Waals surface area contributed by atoms with E-state index >= 15 is 0 Å². The molecule has 5 nitrogen and oxygen atoms in total. The molecule has 0 saturated carbocycles. The van der Waals surface area contributed by atoms with E-state index < -0.39 is 0 Å². The third-order valence-corrected chi connectivity index (χ3v) is 3.66. The average Bonchev–Trinajstić information content (AvgIpc) is 2.95. The van der Waals surface area contributed by atoms with Crippen molar-refractivity contribution in [2.24, 2.45) is 4.99 Å². The van der Waals surface area contributed by atoms with E-state index in [-0.39, 0.29) is 6.29 Å². The molecule has 1 aromatic heterocycles. The molecule has 3 rings (SSSR count). The van der Waals surface area contributed by atoms with E-state index in [1.54, 1.807) is 0 Å². The zero-order valence-corrected chi connectivity index (χ0v) is 13.0. The van der Waals surface area contributed by atoms with Gasteiger partial charge in [0.05, 0.1) is 11.4 Å². The van der Waals surface area contributed by atoms with Crippen LogP contribution >= 0.6 is 0 Å². The summed E-state index contributed by atoms with van der Waals surface area (Å²) in [6.45, 7) is 5.15. The number of nitrogens with one attached hydrogen (secondary N) is 1. The molecule has 2 aromatic rings. The molecule has 114 valence electrons. The smallest absolute Gasteiger partial charge is 0.193 e. The Hall–Kier alpha value is -2.40. The van der Waals surface area contributed by atoms with E-state index in [1.807, 2.05) is 47.7 Å². The number of benzene rings is 1. The average molecular weight is 295 g/mol. The highest BCUT2D eigenvalue weighted by Crippen LogP contribution is 2.22. The quantitative estimate of drug-likeness (QED) is 0.922. The Balaban J connectivity index is 1.90. The maximum absolute atomic E-state index is 4.58. The van der Waals surface area contributed by atoms with Gasteiger partial charge >= 0.3 is 0 Å². The van der Waals surface area contributed by atoms with Gasteiger partial charge in [-0.2, -0.15) is 0 Å². The first-order chi connectivity index (χ1) is 10.8. The van der Waals surface area contributed by atoms with Gasteiger partial charge in [0.1, 0.15) is 6.33 Å². The Morgan fingerprint density at radius 1 is 1.23 bits per heavy atom. The number of imidazole rings is 1. The van der Waals surface area contributed by atoms with Gasteiger partial charge in [-0.3, -0.25) is 10.3 Å². The van der Waals surface area contributed by atoms with Crippen molar-refractivity contribution in [3.8, 4) is 11.3 Å². The molecule has 1 unspecified atom stereocenters. The Labute approximate surface area is 131 Å². The van der Waals surface area contributed by atoms with E-state index in [4.69, 9.17) is 0 Å². The second kappa shape index (κ2) is 6.58. The second-order valence-corrected chi connectivity index (χ2v) is 5.24. The zero-order chi connectivity index (χ0) is 15.4. The number of nitrogens with zero attached hydrogens (tertiary/aromatic N) is 4. The summed E-state index contributed by atoms with van der Waals surface area (Å²) in [5.74, 6) is 0. The van der Waals surface area contributed by atoms with Gasteiger partial charge < -0.3 is 0 Å². The lowest BCUT2D eigenvalue weighted by Gasteiger charge is -2.31. The Bertz CT molecular complexity index is 672. The van der Waals surface area contributed by atoms with E-state index in [0.717, 1.165) is 29.9 Å². The van der Waals surface area contributed by atoms with Gasteiger partial charge in [-0.05, 0) is 26.0 Å². The molecule has 1 aliphatic rings. The minimum atomic E-state index is -0.0959. The maximum atomic E-state index is 4.58. The predicted molar refractivity (Wildman–Crippen MR) is 90.3 cm³/mol. The summed E-state index contributed by atoms with van der Waals surface area (Å²) in [6.07, 6.45) is 8.61. The molecule has 0 aliphatic carbocycles. The highest BCUT2D eigenvalue weighted by atomic mass is 15.6. The fourth-order valence-corrected chi connectivity index (χ4v) is 2.53. The fourth-order valence-electron chi connectivity index (χ4n) is 2.53. The first-order valence-corrected chi connectivity index (χ1v) is 7.62. The number of allylic oxidation sites excluding steroid dienone is 1. The molecule has 0 amide bonds. The van der Waals surface area contributed by atoms with Gasteiger partial charge in [-0.15, -0.1) is 0 Å². The van der Waals surface area contributed by atoms with Gasteiger partial charge in [0.25, 0.3) is 0 Å². The highest BCUT2D eigenvalue weighted by Gasteiger charge is 2.19. The molecule has 1 N–H and O–H groups in total. The molecule has 0 bridgehead atoms. The Kier molecular flexibility index (Phi) is 4.34. The molecule has 22 heavy (non-hydrogen) atoms. The molecule has 1 aromatic carbocycles. The van der Waals surface area contributed by atoms with Crippen LogP contribution in [0.4, 0.5) is 0 Å². The van der Waals surface area contributed by atoms with Crippen LogP contribution in [0.15, 0.2) is 53.9 Å². The molecule has 5 heteroatoms. The van der Waals surface area contributed by atoms with Crippen molar-refractivity contribution in [3.05, 3.63) is 54.6 Å². The van der Waals surface area contributed by atoms with Crippen LogP contribution < -0.4 is 10.3 Å². The van der Waals surface area contributed by atoms with Crippen molar-refractivity contribution in [1.82, 2.24) is 15.0 Å². The molecular formula is C17H21N5. The largest absolute Gasteiger partial charge is 0.277 e. The molecule has 0 fully saturated rings. The number of hydrogen-bond donors (Lipinski definition) is 1. The summed E-state index contributed by atoms with van der Waals surface area (Å²) in [7, 11) is 0. The number of rotatable bonds is 5. The molecule has 0 radical (unpaired) electrons. The van der Waals surface area contributed by atoms with Crippen molar-refractivity contribution in [2.45, 2.75) is 26.6 Å². The summed E-state index contributed by atoms with van der Waals surface area (Å²) >= 11 is 0. The maximum Gasteiger partial charge on any atom is 0.193 e. The van der Waals surface area contributed by atoms with Crippen LogP contribution in [0.2, 0.25) is 0 Å². The lowest BCUT2D eigenvalue weighted by molar-refractivity contribution is 0.453. The third kappa shape index (κ3) is 2.80. The summed E-state index contributed by atoms with van der Waals surface area (Å²) < 4.78 is 2.04. The van der Waals surface area contributed by atoms with E-state index in [0.29, 0.717) is 0 Å². The van der Waals surface area contributed by atoms with Crippen LogP contribution in [0.1, 0.15) is 19.0 Å². The lowest BCUT2D eigenvalue weighted by atomic mass is 10.1. The standard InChI is InChI=1S/C17H21N5/c1-3-10-18-17-19-11-7-12-21(17)22-13-20-16(14(22)2)15-8-5-4-6-9-15/h4-9,11-13,17-18H,3,10H2,1-2H3. The molecule has 2 heterocycles. The van der Waals surface area contributed by atoms with E-state index in [9.17, 15) is 0 Å². The van der Waals surface area contributed by atoms with Crippen LogP contribution in [0.5, 0.6) is 0 Å². The second-order valence-electron chi connectivity index (χ2n) is 5.24. The third-order valence-electron chi connectivity index (χ3n) is 3.66. The predicted octanol–water partition coefficient (Wildman–Crippen LogP) is 2.68. The molecule has 1 atom stereocenters. The van der Waals surface area contributed by atoms with Gasteiger partial charge in [-0.25, -0.2) is 14.7 Å². The van der Waals surface area contributed by atoms with Gasteiger partial charge in [0, 0.05) is 18.0 Å². The van der Waals surface area contributed by atoms with Crippen LogP contribution in [-0.4, -0.2) is 28.7 Å². The number of aromatic nitrogens is 2. The fraction of sp³-hybridized carbons (Fsp3) is 0.294. The Morgan fingerprint density at radius 3 is 2.82 bits per heavy atom. The van der Waals surface area contributed by atoms with Crippen molar-refractivity contribution >= 4 is 6.21 Å². The normalized spacial score (nSPS) is 17.2. The van der Waals surface area contributed by atoms with Gasteiger partial charge in [0.2, 0.25) is 0 Å². The molecule has 0 spiro atoms. The SMILES string of the molecule is CCCNC1N=CC=CN1n1cnc(-c2ccccc2)c1C. The first-order valence-electron chi connectivity index (χ1n) is 7.62. The monoisotopic (exact) mass is 295 g/mol. The van der Waals surface area contributed by atoms with Crippen molar-refractivity contribution in [1.29, 1.82) is 0 Å². The number of hydrogen-bond acceptors (Lipinski definition) is 4. The van der Waals surface area contributed by atoms with Crippen molar-refractivity contribution in [3.63, 3.8) is 0 Å². The van der Waals surface area contributed by atoms with Crippen LogP contribution in [-0.2, 0) is 0 Å². The molecule has 0 saturated heterocycles. The summed E-state index contributed by atoms with van der Waals surface area (Å²) in [4.78, 5) is 9.09. The minimum Gasteiger partial charge on any atom is -0.277 e. The minimum absolute atomic E-state index is 0.0959. The van der Waals surface area contributed by atoms with Crippen LogP contribution in [0.25, 0.3) is 11.3 Å². The van der Waals surface area contributed by atoms with E-state index in [2.05, 4.69) is 46.3 Å². The van der Waals surface area contributed by atoms with Gasteiger partial charge in [0.15, 0.2) is 6.29 Å². The summed E-state index contributed by atoms with van der Waals surface area (Å²) in [6, 6.07) is 10.2. The highest BCUT2D eigenvalue weighted by molar-refractivity contribution is 5.73. The first kappa shape index (κ1) is 14.5. The van der Waals surface area contributed by atoms with Gasteiger partial charge in [-0.1, -0.05) is 37.3 Å². The summed E-state index contributed by atoms with van der Waals surface area (Å²) in [5, 5.41) is 5.48. The Morgan fingerprint density at radius 2 is 2.05 bits per heavy atom. The number of aliphatic imine (C=N–C) groups is 1. The zero-order valence-electron chi connectivity index (χ0n) is 13.0. The van der Waals surface area contributed by atoms with Crippen LogP contribution in [0, 0.1) is 6.92 Å². The van der Waals surface area contributed by atoms with Crippen molar-refractivity contribution < 1.29 is 0 Å².